The second-order valence-corrected chi connectivity index (χ2v) is 5.35. The fourth-order valence-electron chi connectivity index (χ4n) is 1.58. The van der Waals surface area contributed by atoms with Crippen molar-refractivity contribution in [3.05, 3.63) is 34.3 Å². The van der Waals surface area contributed by atoms with Gasteiger partial charge >= 0.3 is 0 Å². The van der Waals surface area contributed by atoms with Crippen molar-refractivity contribution in [1.82, 2.24) is 5.32 Å². The van der Waals surface area contributed by atoms with Crippen LogP contribution in [-0.2, 0) is 5.60 Å². The average Bonchev–Trinajstić information content (AvgIpc) is 2.26. The number of halogens is 1. The van der Waals surface area contributed by atoms with Gasteiger partial charge in [0.2, 0.25) is 0 Å². The van der Waals surface area contributed by atoms with Crippen LogP contribution in [0.2, 0.25) is 0 Å². The van der Waals surface area contributed by atoms with Crippen LogP contribution in [0, 0.1) is 0 Å². The molecule has 3 heteroatoms. The number of aliphatic hydroxyl groups is 1. The molecule has 1 unspecified atom stereocenters. The summed E-state index contributed by atoms with van der Waals surface area (Å²) in [6, 6.07) is 8.25. The monoisotopic (exact) mass is 285 g/mol. The Hall–Kier alpha value is -0.380. The first-order valence-corrected chi connectivity index (χ1v) is 6.49. The van der Waals surface area contributed by atoms with Crippen molar-refractivity contribution < 1.29 is 5.11 Å². The summed E-state index contributed by atoms with van der Waals surface area (Å²) in [5, 5.41) is 13.9. The number of hydrogen-bond donors (Lipinski definition) is 2. The summed E-state index contributed by atoms with van der Waals surface area (Å²) in [6.45, 7) is 6.74. The summed E-state index contributed by atoms with van der Waals surface area (Å²) in [5.74, 6) is 0. The normalized spacial score (nSPS) is 15.1. The van der Waals surface area contributed by atoms with E-state index in [9.17, 15) is 5.11 Å². The highest BCUT2D eigenvalue weighted by Gasteiger charge is 2.27. The van der Waals surface area contributed by atoms with Gasteiger partial charge in [-0.1, -0.05) is 48.8 Å². The van der Waals surface area contributed by atoms with Crippen molar-refractivity contribution in [3.8, 4) is 0 Å². The van der Waals surface area contributed by atoms with Gasteiger partial charge in [-0.25, -0.2) is 0 Å². The second-order valence-electron chi connectivity index (χ2n) is 4.43. The Balaban J connectivity index is 2.86. The summed E-state index contributed by atoms with van der Waals surface area (Å²) >= 11 is 3.43. The smallest absolute Gasteiger partial charge is 0.102 e. The fourth-order valence-corrected chi connectivity index (χ4v) is 1.98. The number of rotatable bonds is 5. The van der Waals surface area contributed by atoms with E-state index in [0.717, 1.165) is 10.0 Å². The Morgan fingerprint density at radius 1 is 1.44 bits per heavy atom. The zero-order valence-corrected chi connectivity index (χ0v) is 11.7. The van der Waals surface area contributed by atoms with Crippen LogP contribution in [0.25, 0.3) is 0 Å². The van der Waals surface area contributed by atoms with Crippen molar-refractivity contribution in [2.24, 2.45) is 0 Å². The molecule has 1 atom stereocenters. The first-order chi connectivity index (χ1) is 7.48. The summed E-state index contributed by atoms with van der Waals surface area (Å²) < 4.78 is 1.00. The van der Waals surface area contributed by atoms with E-state index in [0.29, 0.717) is 19.0 Å². The average molecular weight is 286 g/mol. The Labute approximate surface area is 106 Å². The molecule has 0 spiro atoms. The molecule has 1 aromatic rings. The molecule has 16 heavy (non-hydrogen) atoms. The quantitative estimate of drug-likeness (QED) is 0.872. The second kappa shape index (κ2) is 5.80. The fraction of sp³-hybridized carbons (Fsp3) is 0.538. The van der Waals surface area contributed by atoms with Gasteiger partial charge in [0.25, 0.3) is 0 Å². The Bertz CT molecular complexity index is 340. The highest BCUT2D eigenvalue weighted by Crippen LogP contribution is 2.26. The van der Waals surface area contributed by atoms with Gasteiger partial charge in [-0.2, -0.15) is 0 Å². The molecule has 2 N–H and O–H groups in total. The molecule has 90 valence electrons. The van der Waals surface area contributed by atoms with Crippen LogP contribution in [0.4, 0.5) is 0 Å². The van der Waals surface area contributed by atoms with Crippen LogP contribution in [-0.4, -0.2) is 17.7 Å². The summed E-state index contributed by atoms with van der Waals surface area (Å²) in [6.07, 6.45) is 0.698. The van der Waals surface area contributed by atoms with Crippen LogP contribution in [0.1, 0.15) is 32.8 Å². The third-order valence-corrected chi connectivity index (χ3v) is 3.24. The lowest BCUT2D eigenvalue weighted by molar-refractivity contribution is 0.0308. The van der Waals surface area contributed by atoms with E-state index in [1.165, 1.54) is 0 Å². The molecule has 0 amide bonds. The molecule has 0 aliphatic rings. The minimum atomic E-state index is -0.784. The topological polar surface area (TPSA) is 32.3 Å². The largest absolute Gasteiger partial charge is 0.384 e. The van der Waals surface area contributed by atoms with Gasteiger partial charge in [-0.05, 0) is 24.1 Å². The lowest BCUT2D eigenvalue weighted by atomic mass is 9.91. The van der Waals surface area contributed by atoms with E-state index in [1.807, 2.05) is 31.2 Å². The number of nitrogens with one attached hydrogen (secondary N) is 1. The molecular weight excluding hydrogens is 266 g/mol. The van der Waals surface area contributed by atoms with E-state index in [-0.39, 0.29) is 0 Å². The molecule has 0 bridgehead atoms. The van der Waals surface area contributed by atoms with Crippen molar-refractivity contribution >= 4 is 15.9 Å². The maximum absolute atomic E-state index is 10.6. The van der Waals surface area contributed by atoms with Crippen molar-refractivity contribution in [2.45, 2.75) is 38.8 Å². The Morgan fingerprint density at radius 2 is 2.12 bits per heavy atom. The highest BCUT2D eigenvalue weighted by atomic mass is 79.9. The predicted octanol–water partition coefficient (Wildman–Crippen LogP) is 3.04. The Morgan fingerprint density at radius 3 is 2.62 bits per heavy atom. The van der Waals surface area contributed by atoms with E-state index >= 15 is 0 Å². The number of benzene rings is 1. The van der Waals surface area contributed by atoms with Crippen molar-refractivity contribution in [2.75, 3.05) is 6.54 Å². The Kier molecular flexibility index (Phi) is 4.96. The van der Waals surface area contributed by atoms with E-state index in [2.05, 4.69) is 35.1 Å². The zero-order valence-electron chi connectivity index (χ0n) is 10.1. The van der Waals surface area contributed by atoms with Crippen LogP contribution >= 0.6 is 15.9 Å². The van der Waals surface area contributed by atoms with Gasteiger partial charge in [0, 0.05) is 17.1 Å². The highest BCUT2D eigenvalue weighted by molar-refractivity contribution is 9.10. The van der Waals surface area contributed by atoms with Crippen LogP contribution in [0.3, 0.4) is 0 Å². The molecule has 0 radical (unpaired) electrons. The minimum Gasteiger partial charge on any atom is -0.384 e. The van der Waals surface area contributed by atoms with Crippen molar-refractivity contribution in [1.29, 1.82) is 0 Å². The molecule has 0 saturated heterocycles. The maximum atomic E-state index is 10.6. The minimum absolute atomic E-state index is 0.380. The summed E-state index contributed by atoms with van der Waals surface area (Å²) in [4.78, 5) is 0. The molecule has 2 nitrogen and oxygen atoms in total. The van der Waals surface area contributed by atoms with Gasteiger partial charge in [-0.15, -0.1) is 0 Å². The lowest BCUT2D eigenvalue weighted by Gasteiger charge is -2.29. The third-order valence-electron chi connectivity index (χ3n) is 2.75. The molecule has 0 fully saturated rings. The van der Waals surface area contributed by atoms with E-state index < -0.39 is 5.60 Å². The van der Waals surface area contributed by atoms with Crippen LogP contribution < -0.4 is 5.32 Å². The molecular formula is C13H20BrNO. The molecule has 0 aliphatic heterocycles. The third kappa shape index (κ3) is 3.58. The molecule has 0 saturated carbocycles. The molecule has 0 aromatic heterocycles. The van der Waals surface area contributed by atoms with Gasteiger partial charge in [0.1, 0.15) is 5.60 Å². The predicted molar refractivity (Wildman–Crippen MR) is 71.5 cm³/mol. The maximum Gasteiger partial charge on any atom is 0.102 e. The van der Waals surface area contributed by atoms with Gasteiger partial charge in [0.15, 0.2) is 0 Å². The molecule has 1 aromatic carbocycles. The zero-order chi connectivity index (χ0) is 12.2. The molecule has 0 heterocycles. The summed E-state index contributed by atoms with van der Waals surface area (Å²) in [5.41, 5.74) is 0.172. The van der Waals surface area contributed by atoms with Gasteiger partial charge < -0.3 is 10.4 Å². The van der Waals surface area contributed by atoms with Crippen LogP contribution in [0.5, 0.6) is 0 Å². The number of hydrogen-bond acceptors (Lipinski definition) is 2. The SMILES string of the molecule is CCC(O)(CNC(C)C)c1cccc(Br)c1. The first-order valence-electron chi connectivity index (χ1n) is 5.70. The molecule has 0 aliphatic carbocycles. The summed E-state index contributed by atoms with van der Waals surface area (Å²) in [7, 11) is 0. The van der Waals surface area contributed by atoms with E-state index in [4.69, 9.17) is 0 Å². The standard InChI is InChI=1S/C13H20BrNO/c1-4-13(16,9-15-10(2)3)11-6-5-7-12(14)8-11/h5-8,10,15-16H,4,9H2,1-3H3. The van der Waals surface area contributed by atoms with E-state index in [1.54, 1.807) is 0 Å². The molecule has 1 rings (SSSR count). The van der Waals surface area contributed by atoms with Crippen LogP contribution in [0.15, 0.2) is 28.7 Å². The van der Waals surface area contributed by atoms with Gasteiger partial charge in [-0.3, -0.25) is 0 Å². The van der Waals surface area contributed by atoms with Gasteiger partial charge in [0.05, 0.1) is 0 Å². The van der Waals surface area contributed by atoms with Crippen molar-refractivity contribution in [3.63, 3.8) is 0 Å². The first kappa shape index (κ1) is 13.7. The lowest BCUT2D eigenvalue weighted by Crippen LogP contribution is -2.40.